The van der Waals surface area contributed by atoms with Crippen LogP contribution in [0.4, 0.5) is 0 Å². The molecule has 7 heteroatoms. The minimum atomic E-state index is -4.48. The van der Waals surface area contributed by atoms with Crippen LogP contribution >= 0.6 is 0 Å². The molecule has 1 amide bonds. The topological polar surface area (TPSA) is 92.7 Å². The molecule has 0 rings (SSSR count). The van der Waals surface area contributed by atoms with Crippen molar-refractivity contribution in [3.63, 3.8) is 0 Å². The average Bonchev–Trinajstić information content (AvgIpc) is 2.62. The number of carbonyl (C=O) groups is 1. The van der Waals surface area contributed by atoms with Gasteiger partial charge in [-0.15, -0.1) is 0 Å². The highest BCUT2D eigenvalue weighted by atomic mass is 32.3. The number of nitrogens with one attached hydrogen (secondary N) is 1. The van der Waals surface area contributed by atoms with Gasteiger partial charge in [-0.25, -0.2) is 4.18 Å². The highest BCUT2D eigenvalue weighted by Gasteiger charge is 2.34. The average molecular weight is 422 g/mol. The molecule has 0 radical (unpaired) electrons. The van der Waals surface area contributed by atoms with Gasteiger partial charge in [0.2, 0.25) is 5.91 Å². The summed E-state index contributed by atoms with van der Waals surface area (Å²) < 4.78 is 35.9. The highest BCUT2D eigenvalue weighted by molar-refractivity contribution is 7.80. The molecule has 0 fully saturated rings. The zero-order valence-electron chi connectivity index (χ0n) is 18.5. The molecule has 2 N–H and O–H groups in total. The van der Waals surface area contributed by atoms with Crippen molar-refractivity contribution in [2.45, 2.75) is 117 Å². The number of hydrogen-bond donors (Lipinski definition) is 2. The SMILES string of the molecule is CCCCCCCCCCCC(=O)NCCCC(C)C(C)(CC)OS(=O)(=O)O. The molecule has 0 aliphatic carbocycles. The molecule has 0 bridgehead atoms. The van der Waals surface area contributed by atoms with E-state index in [1.54, 1.807) is 6.92 Å². The third kappa shape index (κ3) is 14.4. The van der Waals surface area contributed by atoms with E-state index in [4.69, 9.17) is 8.74 Å². The summed E-state index contributed by atoms with van der Waals surface area (Å²) >= 11 is 0. The minimum Gasteiger partial charge on any atom is -0.356 e. The fraction of sp³-hybridized carbons (Fsp3) is 0.952. The standard InChI is InChI=1S/C21H43NO5S/c1-5-7-8-9-10-11-12-13-14-17-20(23)22-18-15-16-19(3)21(4,6-2)27-28(24,25)26/h19H,5-18H2,1-4H3,(H,22,23)(H,24,25,26). The molecule has 168 valence electrons. The normalized spacial score (nSPS) is 15.2. The Morgan fingerprint density at radius 2 is 1.54 bits per heavy atom. The molecule has 6 nitrogen and oxygen atoms in total. The predicted octanol–water partition coefficient (Wildman–Crippen LogP) is 5.43. The van der Waals surface area contributed by atoms with Gasteiger partial charge < -0.3 is 5.32 Å². The van der Waals surface area contributed by atoms with Gasteiger partial charge in [0.05, 0.1) is 5.60 Å². The molecule has 0 heterocycles. The first-order chi connectivity index (χ1) is 13.1. The highest BCUT2D eigenvalue weighted by Crippen LogP contribution is 2.30. The molecular weight excluding hydrogens is 378 g/mol. The number of carbonyl (C=O) groups excluding carboxylic acids is 1. The zero-order valence-corrected chi connectivity index (χ0v) is 19.3. The summed E-state index contributed by atoms with van der Waals surface area (Å²) in [4.78, 5) is 11.9. The molecule has 2 unspecified atom stereocenters. The lowest BCUT2D eigenvalue weighted by molar-refractivity contribution is -0.121. The third-order valence-electron chi connectivity index (χ3n) is 5.68. The molecule has 0 aromatic rings. The summed E-state index contributed by atoms with van der Waals surface area (Å²) in [5, 5.41) is 2.93. The van der Waals surface area contributed by atoms with Crippen molar-refractivity contribution in [3.8, 4) is 0 Å². The molecule has 2 atom stereocenters. The van der Waals surface area contributed by atoms with E-state index in [0.717, 1.165) is 19.3 Å². The monoisotopic (exact) mass is 421 g/mol. The van der Waals surface area contributed by atoms with Crippen LogP contribution in [-0.2, 0) is 19.4 Å². The molecule has 0 spiro atoms. The molecule has 0 aromatic carbocycles. The van der Waals surface area contributed by atoms with Crippen molar-refractivity contribution in [1.82, 2.24) is 5.32 Å². The van der Waals surface area contributed by atoms with E-state index in [2.05, 4.69) is 12.2 Å². The predicted molar refractivity (Wildman–Crippen MR) is 115 cm³/mol. The fourth-order valence-corrected chi connectivity index (χ4v) is 4.12. The van der Waals surface area contributed by atoms with Crippen LogP contribution in [0, 0.1) is 5.92 Å². The second kappa shape index (κ2) is 15.2. The van der Waals surface area contributed by atoms with Gasteiger partial charge in [0.1, 0.15) is 0 Å². The Morgan fingerprint density at radius 3 is 2.04 bits per heavy atom. The lowest BCUT2D eigenvalue weighted by atomic mass is 9.85. The summed E-state index contributed by atoms with van der Waals surface area (Å²) in [5.74, 6) is 0.0247. The summed E-state index contributed by atoms with van der Waals surface area (Å²) in [6, 6.07) is 0. The van der Waals surface area contributed by atoms with Gasteiger partial charge in [-0.05, 0) is 38.5 Å². The minimum absolute atomic E-state index is 0.0614. The van der Waals surface area contributed by atoms with Gasteiger partial charge in [0, 0.05) is 13.0 Å². The van der Waals surface area contributed by atoms with Gasteiger partial charge in [-0.3, -0.25) is 9.35 Å². The quantitative estimate of drug-likeness (QED) is 0.227. The Balaban J connectivity index is 3.78. The summed E-state index contributed by atoms with van der Waals surface area (Å²) in [5.41, 5.74) is -0.936. The fourth-order valence-electron chi connectivity index (χ4n) is 3.36. The van der Waals surface area contributed by atoms with Crippen molar-refractivity contribution >= 4 is 16.3 Å². The van der Waals surface area contributed by atoms with Gasteiger partial charge in [0.25, 0.3) is 0 Å². The Labute approximate surface area is 173 Å². The summed E-state index contributed by atoms with van der Waals surface area (Å²) in [6.07, 6.45) is 13.6. The van der Waals surface area contributed by atoms with Gasteiger partial charge in [-0.2, -0.15) is 8.42 Å². The van der Waals surface area contributed by atoms with Gasteiger partial charge in [-0.1, -0.05) is 72.1 Å². The number of rotatable bonds is 18. The maximum absolute atomic E-state index is 11.9. The van der Waals surface area contributed by atoms with Crippen molar-refractivity contribution < 1.29 is 21.9 Å². The van der Waals surface area contributed by atoms with E-state index in [1.807, 2.05) is 13.8 Å². The summed E-state index contributed by atoms with van der Waals surface area (Å²) in [6.45, 7) is 8.22. The van der Waals surface area contributed by atoms with Crippen LogP contribution in [0.15, 0.2) is 0 Å². The third-order valence-corrected chi connectivity index (χ3v) is 6.27. The van der Waals surface area contributed by atoms with Crippen LogP contribution in [-0.4, -0.2) is 31.0 Å². The van der Waals surface area contributed by atoms with Crippen molar-refractivity contribution in [1.29, 1.82) is 0 Å². The maximum atomic E-state index is 11.9. The molecule has 0 saturated carbocycles. The van der Waals surface area contributed by atoms with E-state index >= 15 is 0 Å². The second-order valence-corrected chi connectivity index (χ2v) is 9.17. The van der Waals surface area contributed by atoms with Crippen LogP contribution < -0.4 is 5.32 Å². The molecular formula is C21H43NO5S. The maximum Gasteiger partial charge on any atom is 0.397 e. The Morgan fingerprint density at radius 1 is 1.00 bits per heavy atom. The molecule has 0 saturated heterocycles. The van der Waals surface area contributed by atoms with Crippen LogP contribution in [0.3, 0.4) is 0 Å². The Bertz CT molecular complexity index is 509. The summed E-state index contributed by atoms with van der Waals surface area (Å²) in [7, 11) is -4.48. The zero-order chi connectivity index (χ0) is 21.5. The molecule has 28 heavy (non-hydrogen) atoms. The van der Waals surface area contributed by atoms with Gasteiger partial charge in [0.15, 0.2) is 0 Å². The molecule has 0 aromatic heterocycles. The lowest BCUT2D eigenvalue weighted by Crippen LogP contribution is -2.38. The van der Waals surface area contributed by atoms with E-state index in [0.29, 0.717) is 25.8 Å². The van der Waals surface area contributed by atoms with Crippen LogP contribution in [0.25, 0.3) is 0 Å². The number of amides is 1. The largest absolute Gasteiger partial charge is 0.397 e. The first-order valence-corrected chi connectivity index (χ1v) is 12.5. The first-order valence-electron chi connectivity index (χ1n) is 11.1. The van der Waals surface area contributed by atoms with E-state index < -0.39 is 16.0 Å². The smallest absolute Gasteiger partial charge is 0.356 e. The first kappa shape index (κ1) is 27.3. The van der Waals surface area contributed by atoms with Crippen molar-refractivity contribution in [2.24, 2.45) is 5.92 Å². The van der Waals surface area contributed by atoms with Crippen LogP contribution in [0.5, 0.6) is 0 Å². The number of unbranched alkanes of at least 4 members (excludes halogenated alkanes) is 8. The molecule has 0 aliphatic rings. The second-order valence-electron chi connectivity index (χ2n) is 8.15. The van der Waals surface area contributed by atoms with E-state index in [-0.39, 0.29) is 11.8 Å². The van der Waals surface area contributed by atoms with Crippen LogP contribution in [0.2, 0.25) is 0 Å². The number of hydrogen-bond acceptors (Lipinski definition) is 4. The lowest BCUT2D eigenvalue weighted by Gasteiger charge is -2.32. The van der Waals surface area contributed by atoms with Crippen LogP contribution in [0.1, 0.15) is 111 Å². The molecule has 0 aliphatic heterocycles. The van der Waals surface area contributed by atoms with E-state index in [9.17, 15) is 13.2 Å². The van der Waals surface area contributed by atoms with Crippen molar-refractivity contribution in [3.05, 3.63) is 0 Å². The van der Waals surface area contributed by atoms with Gasteiger partial charge >= 0.3 is 10.4 Å². The Hall–Kier alpha value is -0.660. The van der Waals surface area contributed by atoms with Crippen molar-refractivity contribution in [2.75, 3.05) is 6.54 Å². The van der Waals surface area contributed by atoms with E-state index in [1.165, 1.54) is 44.9 Å². The Kier molecular flexibility index (Phi) is 14.9.